The summed E-state index contributed by atoms with van der Waals surface area (Å²) in [4.78, 5) is 11.4. The van der Waals surface area contributed by atoms with E-state index in [1.165, 1.54) is 30.4 Å². The lowest BCUT2D eigenvalue weighted by Gasteiger charge is -2.14. The lowest BCUT2D eigenvalue weighted by Crippen LogP contribution is -2.25. The van der Waals surface area contributed by atoms with Crippen molar-refractivity contribution in [1.82, 2.24) is 15.5 Å². The van der Waals surface area contributed by atoms with Crippen molar-refractivity contribution in [3.8, 4) is 10.6 Å². The molecule has 7 heteroatoms. The van der Waals surface area contributed by atoms with Crippen LogP contribution in [0, 0.1) is 11.6 Å². The van der Waals surface area contributed by atoms with E-state index >= 15 is 0 Å². The van der Waals surface area contributed by atoms with Gasteiger partial charge in [0.1, 0.15) is 16.6 Å². The van der Waals surface area contributed by atoms with Gasteiger partial charge in [-0.15, -0.1) is 10.2 Å². The van der Waals surface area contributed by atoms with E-state index in [4.69, 9.17) is 0 Å². The van der Waals surface area contributed by atoms with Gasteiger partial charge in [-0.25, -0.2) is 8.78 Å². The highest BCUT2D eigenvalue weighted by Crippen LogP contribution is 2.30. The Hall–Kier alpha value is -1.89. The van der Waals surface area contributed by atoms with E-state index < -0.39 is 11.6 Å². The van der Waals surface area contributed by atoms with Gasteiger partial charge in [-0.1, -0.05) is 37.5 Å². The molecule has 0 aliphatic carbocycles. The van der Waals surface area contributed by atoms with Crippen molar-refractivity contribution in [2.45, 2.75) is 45.6 Å². The largest absolute Gasteiger partial charge is 0.347 e. The van der Waals surface area contributed by atoms with Crippen LogP contribution in [0.25, 0.3) is 10.6 Å². The molecule has 4 nitrogen and oxygen atoms in total. The van der Waals surface area contributed by atoms with Gasteiger partial charge in [-0.3, -0.25) is 4.79 Å². The van der Waals surface area contributed by atoms with Crippen LogP contribution in [-0.2, 0) is 4.79 Å². The fourth-order valence-electron chi connectivity index (χ4n) is 2.25. The van der Waals surface area contributed by atoms with Gasteiger partial charge < -0.3 is 5.32 Å². The van der Waals surface area contributed by atoms with E-state index in [0.29, 0.717) is 10.0 Å². The smallest absolute Gasteiger partial charge is 0.217 e. The number of carbonyl (C=O) groups is 1. The summed E-state index contributed by atoms with van der Waals surface area (Å²) < 4.78 is 26.8. The molecule has 0 fully saturated rings. The van der Waals surface area contributed by atoms with E-state index in [-0.39, 0.29) is 17.5 Å². The minimum absolute atomic E-state index is 0.142. The standard InChI is InChI=1S/C16H19F2N3OS/c1-3-4-5-6-14(19-10(2)22)16-21-20-15(23-16)12-8-7-11(17)9-13(12)18/h7-9,14H,3-6H2,1-2H3,(H,19,22). The molecule has 0 bridgehead atoms. The van der Waals surface area contributed by atoms with E-state index in [9.17, 15) is 13.6 Å². The van der Waals surface area contributed by atoms with Crippen molar-refractivity contribution in [2.75, 3.05) is 0 Å². The first-order valence-electron chi connectivity index (χ1n) is 7.57. The summed E-state index contributed by atoms with van der Waals surface area (Å²) in [7, 11) is 0. The summed E-state index contributed by atoms with van der Waals surface area (Å²) in [5, 5.41) is 11.9. The molecule has 0 saturated carbocycles. The summed E-state index contributed by atoms with van der Waals surface area (Å²) in [6.45, 7) is 3.56. The number of unbranched alkanes of at least 4 members (excludes halogenated alkanes) is 2. The molecule has 1 aromatic heterocycles. The molecule has 1 atom stereocenters. The molecule has 2 aromatic rings. The van der Waals surface area contributed by atoms with Gasteiger partial charge in [0, 0.05) is 18.6 Å². The second-order valence-electron chi connectivity index (χ2n) is 5.32. The average molecular weight is 339 g/mol. The van der Waals surface area contributed by atoms with Gasteiger partial charge in [0.05, 0.1) is 6.04 Å². The zero-order valence-electron chi connectivity index (χ0n) is 13.1. The molecule has 1 amide bonds. The molecule has 1 unspecified atom stereocenters. The predicted octanol–water partition coefficient (Wildman–Crippen LogP) is 4.24. The second-order valence-corrected chi connectivity index (χ2v) is 6.33. The first kappa shape index (κ1) is 17.5. The monoisotopic (exact) mass is 339 g/mol. The molecule has 1 heterocycles. The molecule has 1 N–H and O–H groups in total. The summed E-state index contributed by atoms with van der Waals surface area (Å²) in [5.74, 6) is -1.45. The maximum atomic E-state index is 13.8. The lowest BCUT2D eigenvalue weighted by atomic mass is 10.1. The summed E-state index contributed by atoms with van der Waals surface area (Å²) in [6.07, 6.45) is 3.86. The molecule has 1 aromatic carbocycles. The normalized spacial score (nSPS) is 12.2. The minimum atomic E-state index is -0.672. The molecule has 23 heavy (non-hydrogen) atoms. The number of carbonyl (C=O) groups excluding carboxylic acids is 1. The van der Waals surface area contributed by atoms with Crippen LogP contribution in [0.1, 0.15) is 50.6 Å². The van der Waals surface area contributed by atoms with Gasteiger partial charge in [0.2, 0.25) is 5.91 Å². The molecule has 2 rings (SSSR count). The fraction of sp³-hybridized carbons (Fsp3) is 0.438. The summed E-state index contributed by atoms with van der Waals surface area (Å²) in [5.41, 5.74) is 0.213. The number of rotatable bonds is 7. The Balaban J connectivity index is 2.21. The van der Waals surface area contributed by atoms with Gasteiger partial charge in [-0.05, 0) is 18.6 Å². The number of nitrogens with one attached hydrogen (secondary N) is 1. The van der Waals surface area contributed by atoms with Crippen molar-refractivity contribution in [1.29, 1.82) is 0 Å². The Morgan fingerprint density at radius 3 is 2.74 bits per heavy atom. The summed E-state index contributed by atoms with van der Waals surface area (Å²) >= 11 is 1.21. The minimum Gasteiger partial charge on any atom is -0.347 e. The zero-order valence-corrected chi connectivity index (χ0v) is 13.9. The number of aromatic nitrogens is 2. The topological polar surface area (TPSA) is 54.9 Å². The van der Waals surface area contributed by atoms with Crippen molar-refractivity contribution >= 4 is 17.2 Å². The molecule has 0 spiro atoms. The van der Waals surface area contributed by atoms with Crippen LogP contribution in [0.2, 0.25) is 0 Å². The molecular formula is C16H19F2N3OS. The highest BCUT2D eigenvalue weighted by Gasteiger charge is 2.19. The number of nitrogens with zero attached hydrogens (tertiary/aromatic N) is 2. The predicted molar refractivity (Wildman–Crippen MR) is 86.0 cm³/mol. The number of hydrogen-bond donors (Lipinski definition) is 1. The third-order valence-electron chi connectivity index (χ3n) is 3.37. The highest BCUT2D eigenvalue weighted by molar-refractivity contribution is 7.14. The Morgan fingerprint density at radius 2 is 2.09 bits per heavy atom. The molecule has 0 saturated heterocycles. The number of amides is 1. The lowest BCUT2D eigenvalue weighted by molar-refractivity contribution is -0.119. The number of halogens is 2. The van der Waals surface area contributed by atoms with Crippen LogP contribution in [0.15, 0.2) is 18.2 Å². The maximum Gasteiger partial charge on any atom is 0.217 e. The maximum absolute atomic E-state index is 13.8. The van der Waals surface area contributed by atoms with Crippen LogP contribution in [0.4, 0.5) is 8.78 Å². The zero-order chi connectivity index (χ0) is 16.8. The Kier molecular flexibility index (Phi) is 6.15. The second kappa shape index (κ2) is 8.10. The average Bonchev–Trinajstić information content (AvgIpc) is 2.95. The van der Waals surface area contributed by atoms with Crippen LogP contribution < -0.4 is 5.32 Å². The third kappa shape index (κ3) is 4.79. The molecule has 0 radical (unpaired) electrons. The first-order chi connectivity index (χ1) is 11.0. The van der Waals surface area contributed by atoms with E-state index in [1.807, 2.05) is 0 Å². The van der Waals surface area contributed by atoms with Gasteiger partial charge in [0.15, 0.2) is 5.01 Å². The molecule has 0 aliphatic rings. The quantitative estimate of drug-likeness (QED) is 0.768. The van der Waals surface area contributed by atoms with Crippen LogP contribution in [0.5, 0.6) is 0 Å². The fourth-order valence-corrected chi connectivity index (χ4v) is 3.20. The number of benzene rings is 1. The number of hydrogen-bond acceptors (Lipinski definition) is 4. The van der Waals surface area contributed by atoms with Crippen LogP contribution in [0.3, 0.4) is 0 Å². The van der Waals surface area contributed by atoms with Crippen molar-refractivity contribution in [2.24, 2.45) is 0 Å². The van der Waals surface area contributed by atoms with Gasteiger partial charge in [-0.2, -0.15) is 0 Å². The van der Waals surface area contributed by atoms with Crippen molar-refractivity contribution < 1.29 is 13.6 Å². The summed E-state index contributed by atoms with van der Waals surface area (Å²) in [6, 6.07) is 3.13. The third-order valence-corrected chi connectivity index (χ3v) is 4.44. The van der Waals surface area contributed by atoms with Gasteiger partial charge >= 0.3 is 0 Å². The Labute approximate surface area is 137 Å². The molecule has 124 valence electrons. The Bertz CT molecular complexity index is 675. The Morgan fingerprint density at radius 1 is 1.30 bits per heavy atom. The highest BCUT2D eigenvalue weighted by atomic mass is 32.1. The van der Waals surface area contributed by atoms with E-state index in [0.717, 1.165) is 31.7 Å². The first-order valence-corrected chi connectivity index (χ1v) is 8.38. The van der Waals surface area contributed by atoms with Crippen molar-refractivity contribution in [3.63, 3.8) is 0 Å². The van der Waals surface area contributed by atoms with Crippen LogP contribution in [-0.4, -0.2) is 16.1 Å². The van der Waals surface area contributed by atoms with E-state index in [1.54, 1.807) is 0 Å². The van der Waals surface area contributed by atoms with Crippen LogP contribution >= 0.6 is 11.3 Å². The molecule has 0 aliphatic heterocycles. The van der Waals surface area contributed by atoms with E-state index in [2.05, 4.69) is 22.4 Å². The van der Waals surface area contributed by atoms with Gasteiger partial charge in [0.25, 0.3) is 0 Å². The molecular weight excluding hydrogens is 320 g/mol. The van der Waals surface area contributed by atoms with Crippen molar-refractivity contribution in [3.05, 3.63) is 34.8 Å². The SMILES string of the molecule is CCCCCC(NC(C)=O)c1nnc(-c2ccc(F)cc2F)s1.